The molecule has 1 unspecified atom stereocenters. The number of carbonyl (C=O) groups excluding carboxylic acids is 1. The van der Waals surface area contributed by atoms with Crippen molar-refractivity contribution in [1.29, 1.82) is 0 Å². The summed E-state index contributed by atoms with van der Waals surface area (Å²) in [6, 6.07) is 16.2. The van der Waals surface area contributed by atoms with Crippen LogP contribution in [0.25, 0.3) is 0 Å². The summed E-state index contributed by atoms with van der Waals surface area (Å²) < 4.78 is 0. The Kier molecular flexibility index (Phi) is 5.07. The fraction of sp³-hybridized carbons (Fsp3) is 0.278. The normalized spacial score (nSPS) is 12.0. The highest BCUT2D eigenvalue weighted by Crippen LogP contribution is 2.24. The van der Waals surface area contributed by atoms with E-state index in [9.17, 15) is 4.79 Å². The summed E-state index contributed by atoms with van der Waals surface area (Å²) >= 11 is 1.65. The van der Waals surface area contributed by atoms with E-state index in [1.165, 1.54) is 0 Å². The molecular formula is C18H21NOS. The van der Waals surface area contributed by atoms with Crippen molar-refractivity contribution in [3.05, 3.63) is 65.2 Å². The largest absolute Gasteiger partial charge is 0.335 e. The Labute approximate surface area is 131 Å². The van der Waals surface area contributed by atoms with Crippen LogP contribution in [0.2, 0.25) is 0 Å². The van der Waals surface area contributed by atoms with Crippen LogP contribution >= 0.6 is 11.8 Å². The van der Waals surface area contributed by atoms with Crippen molar-refractivity contribution < 1.29 is 4.79 Å². The lowest BCUT2D eigenvalue weighted by molar-refractivity contribution is 0.0741. The fourth-order valence-corrected chi connectivity index (χ4v) is 2.72. The summed E-state index contributed by atoms with van der Waals surface area (Å²) in [5, 5.41) is 0. The van der Waals surface area contributed by atoms with E-state index in [2.05, 4.69) is 25.1 Å². The van der Waals surface area contributed by atoms with Gasteiger partial charge in [0.1, 0.15) is 0 Å². The molecule has 2 rings (SSSR count). The SMILES string of the molecule is CSc1ccc(C)c(C(=O)N(C)C(C)c2ccccc2)c1. The van der Waals surface area contributed by atoms with Crippen molar-refractivity contribution in [2.75, 3.05) is 13.3 Å². The van der Waals surface area contributed by atoms with Gasteiger partial charge in [-0.25, -0.2) is 0 Å². The lowest BCUT2D eigenvalue weighted by atomic mass is 10.0. The van der Waals surface area contributed by atoms with E-state index >= 15 is 0 Å². The van der Waals surface area contributed by atoms with Gasteiger partial charge in [-0.05, 0) is 43.4 Å². The molecule has 0 aliphatic rings. The minimum absolute atomic E-state index is 0.0519. The van der Waals surface area contributed by atoms with Gasteiger partial charge in [-0.15, -0.1) is 11.8 Å². The average molecular weight is 299 g/mol. The lowest BCUT2D eigenvalue weighted by Crippen LogP contribution is -2.30. The maximum atomic E-state index is 12.8. The molecule has 0 aromatic heterocycles. The molecule has 0 aliphatic carbocycles. The van der Waals surface area contributed by atoms with Crippen LogP contribution in [0.3, 0.4) is 0 Å². The molecule has 0 saturated heterocycles. The van der Waals surface area contributed by atoms with E-state index in [0.717, 1.165) is 21.6 Å². The summed E-state index contributed by atoms with van der Waals surface area (Å²) in [7, 11) is 1.87. The summed E-state index contributed by atoms with van der Waals surface area (Å²) in [4.78, 5) is 15.7. The van der Waals surface area contributed by atoms with Gasteiger partial charge in [0, 0.05) is 17.5 Å². The van der Waals surface area contributed by atoms with E-state index in [1.807, 2.05) is 55.5 Å². The minimum atomic E-state index is 0.0519. The molecule has 0 N–H and O–H groups in total. The average Bonchev–Trinajstić information content (AvgIpc) is 2.54. The van der Waals surface area contributed by atoms with Crippen molar-refractivity contribution in [1.82, 2.24) is 4.90 Å². The molecule has 3 heteroatoms. The monoisotopic (exact) mass is 299 g/mol. The molecule has 0 spiro atoms. The number of rotatable bonds is 4. The number of nitrogens with zero attached hydrogens (tertiary/aromatic N) is 1. The van der Waals surface area contributed by atoms with Gasteiger partial charge in [-0.3, -0.25) is 4.79 Å². The highest BCUT2D eigenvalue weighted by Gasteiger charge is 2.20. The van der Waals surface area contributed by atoms with Crippen molar-refractivity contribution in [3.8, 4) is 0 Å². The summed E-state index contributed by atoms with van der Waals surface area (Å²) in [5.41, 5.74) is 2.95. The second kappa shape index (κ2) is 6.81. The van der Waals surface area contributed by atoms with Gasteiger partial charge < -0.3 is 4.90 Å². The third kappa shape index (κ3) is 3.48. The number of benzene rings is 2. The molecule has 0 fully saturated rings. The standard InChI is InChI=1S/C18H21NOS/c1-13-10-11-16(21-4)12-17(13)18(20)19(3)14(2)15-8-6-5-7-9-15/h5-12,14H,1-4H3. The molecule has 1 amide bonds. The zero-order chi connectivity index (χ0) is 15.4. The van der Waals surface area contributed by atoms with Crippen LogP contribution in [0.15, 0.2) is 53.4 Å². The third-order valence-electron chi connectivity index (χ3n) is 3.86. The van der Waals surface area contributed by atoms with Crippen LogP contribution in [0.4, 0.5) is 0 Å². The molecule has 2 aromatic carbocycles. The first-order chi connectivity index (χ1) is 10.0. The van der Waals surface area contributed by atoms with Gasteiger partial charge in [0.2, 0.25) is 0 Å². The van der Waals surface area contributed by atoms with Gasteiger partial charge >= 0.3 is 0 Å². The van der Waals surface area contributed by atoms with E-state index in [-0.39, 0.29) is 11.9 Å². The Balaban J connectivity index is 2.27. The molecule has 110 valence electrons. The first-order valence-electron chi connectivity index (χ1n) is 7.01. The van der Waals surface area contributed by atoms with Crippen molar-refractivity contribution in [3.63, 3.8) is 0 Å². The minimum Gasteiger partial charge on any atom is -0.335 e. The van der Waals surface area contributed by atoms with Crippen LogP contribution in [0.1, 0.15) is 34.5 Å². The number of thioether (sulfide) groups is 1. The third-order valence-corrected chi connectivity index (χ3v) is 4.58. The first-order valence-corrected chi connectivity index (χ1v) is 8.24. The predicted molar refractivity (Wildman–Crippen MR) is 89.9 cm³/mol. The Morgan fingerprint density at radius 3 is 2.43 bits per heavy atom. The van der Waals surface area contributed by atoms with Crippen LogP contribution in [0, 0.1) is 6.92 Å². The topological polar surface area (TPSA) is 20.3 Å². The second-order valence-corrected chi connectivity index (χ2v) is 6.06. The number of carbonyl (C=O) groups is 1. The molecule has 1 atom stereocenters. The smallest absolute Gasteiger partial charge is 0.254 e. The van der Waals surface area contributed by atoms with E-state index in [1.54, 1.807) is 11.8 Å². The molecular weight excluding hydrogens is 278 g/mol. The molecule has 2 nitrogen and oxygen atoms in total. The number of aryl methyl sites for hydroxylation is 1. The fourth-order valence-electron chi connectivity index (χ4n) is 2.28. The lowest BCUT2D eigenvalue weighted by Gasteiger charge is -2.26. The van der Waals surface area contributed by atoms with Crippen LogP contribution < -0.4 is 0 Å². The highest BCUT2D eigenvalue weighted by molar-refractivity contribution is 7.98. The van der Waals surface area contributed by atoms with Crippen LogP contribution in [0.5, 0.6) is 0 Å². The predicted octanol–water partition coefficient (Wildman–Crippen LogP) is 4.55. The molecule has 0 bridgehead atoms. The highest BCUT2D eigenvalue weighted by atomic mass is 32.2. The Bertz CT molecular complexity index is 624. The van der Waals surface area contributed by atoms with Gasteiger partial charge in [0.05, 0.1) is 6.04 Å². The molecule has 0 heterocycles. The second-order valence-electron chi connectivity index (χ2n) is 5.18. The molecule has 0 saturated carbocycles. The molecule has 0 aliphatic heterocycles. The van der Waals surface area contributed by atoms with Crippen molar-refractivity contribution in [2.45, 2.75) is 24.8 Å². The van der Waals surface area contributed by atoms with Gasteiger partial charge in [0.25, 0.3) is 5.91 Å². The summed E-state index contributed by atoms with van der Waals surface area (Å²) in [6.07, 6.45) is 2.02. The Hall–Kier alpha value is -1.74. The number of amides is 1. The molecule has 0 radical (unpaired) electrons. The number of hydrogen-bond acceptors (Lipinski definition) is 2. The first kappa shape index (κ1) is 15.6. The van der Waals surface area contributed by atoms with Crippen LogP contribution in [-0.2, 0) is 0 Å². The maximum Gasteiger partial charge on any atom is 0.254 e. The summed E-state index contributed by atoms with van der Waals surface area (Å²) in [5.74, 6) is 0.0692. The molecule has 21 heavy (non-hydrogen) atoms. The van der Waals surface area contributed by atoms with E-state index < -0.39 is 0 Å². The maximum absolute atomic E-state index is 12.8. The zero-order valence-corrected chi connectivity index (χ0v) is 13.8. The van der Waals surface area contributed by atoms with Crippen LogP contribution in [-0.4, -0.2) is 24.1 Å². The quantitative estimate of drug-likeness (QED) is 0.772. The Morgan fingerprint density at radius 1 is 1.14 bits per heavy atom. The van der Waals surface area contributed by atoms with Crippen molar-refractivity contribution in [2.24, 2.45) is 0 Å². The van der Waals surface area contributed by atoms with Crippen molar-refractivity contribution >= 4 is 17.7 Å². The van der Waals surface area contributed by atoms with Gasteiger partial charge in [-0.2, -0.15) is 0 Å². The Morgan fingerprint density at radius 2 is 1.81 bits per heavy atom. The van der Waals surface area contributed by atoms with Gasteiger partial charge in [0.15, 0.2) is 0 Å². The summed E-state index contributed by atoms with van der Waals surface area (Å²) in [6.45, 7) is 4.04. The molecule has 2 aromatic rings. The van der Waals surface area contributed by atoms with E-state index in [0.29, 0.717) is 0 Å². The van der Waals surface area contributed by atoms with E-state index in [4.69, 9.17) is 0 Å². The zero-order valence-electron chi connectivity index (χ0n) is 13.0. The van der Waals surface area contributed by atoms with Gasteiger partial charge in [-0.1, -0.05) is 36.4 Å². The number of hydrogen-bond donors (Lipinski definition) is 0.